The highest BCUT2D eigenvalue weighted by Crippen LogP contribution is 2.35. The van der Waals surface area contributed by atoms with Crippen molar-refractivity contribution in [2.45, 2.75) is 0 Å². The van der Waals surface area contributed by atoms with Gasteiger partial charge in [0.1, 0.15) is 0 Å². The minimum absolute atomic E-state index is 0.142. The summed E-state index contributed by atoms with van der Waals surface area (Å²) in [6, 6.07) is 16.5. The van der Waals surface area contributed by atoms with Crippen molar-refractivity contribution in [3.63, 3.8) is 0 Å². The van der Waals surface area contributed by atoms with Crippen molar-refractivity contribution >= 4 is 23.5 Å². The molecule has 1 heterocycles. The molecule has 0 bridgehead atoms. The molecule has 18 heavy (non-hydrogen) atoms. The van der Waals surface area contributed by atoms with Crippen molar-refractivity contribution in [3.05, 3.63) is 59.7 Å². The molecule has 2 nitrogen and oxygen atoms in total. The predicted octanol–water partition coefficient (Wildman–Crippen LogP) is 3.30. The average Bonchev–Trinajstić information content (AvgIpc) is 2.58. The fourth-order valence-electron chi connectivity index (χ4n) is 2.40. The summed E-state index contributed by atoms with van der Waals surface area (Å²) in [6.07, 6.45) is 4.26. The molecule has 0 spiro atoms. The van der Waals surface area contributed by atoms with Crippen LogP contribution < -0.4 is 4.90 Å². The molecular weight excluding hydrogens is 222 g/mol. The molecule has 0 atom stereocenters. The molecule has 0 saturated heterocycles. The second-order valence-electron chi connectivity index (χ2n) is 4.33. The smallest absolute Gasteiger partial charge is 0.0610 e. The lowest BCUT2D eigenvalue weighted by molar-refractivity contribution is 0.305. The summed E-state index contributed by atoms with van der Waals surface area (Å²) in [6.45, 7) is 0.748. The highest BCUT2D eigenvalue weighted by molar-refractivity contribution is 5.88. The molecule has 2 aromatic carbocycles. The van der Waals surface area contributed by atoms with Crippen molar-refractivity contribution in [2.24, 2.45) is 0 Å². The van der Waals surface area contributed by atoms with Crippen LogP contribution in [0.4, 0.5) is 11.4 Å². The summed E-state index contributed by atoms with van der Waals surface area (Å²) in [5.41, 5.74) is 4.66. The molecule has 0 fully saturated rings. The number of nitrogens with zero attached hydrogens (tertiary/aromatic N) is 1. The van der Waals surface area contributed by atoms with Gasteiger partial charge in [-0.3, -0.25) is 0 Å². The van der Waals surface area contributed by atoms with Crippen molar-refractivity contribution in [1.29, 1.82) is 0 Å². The van der Waals surface area contributed by atoms with E-state index in [4.69, 9.17) is 0 Å². The SMILES string of the molecule is OCCN1c2ccccc2C=Cc2ccccc21. The van der Waals surface area contributed by atoms with Crippen LogP contribution in [0.2, 0.25) is 0 Å². The van der Waals surface area contributed by atoms with Crippen LogP contribution in [0.25, 0.3) is 12.2 Å². The molecule has 0 aliphatic carbocycles. The topological polar surface area (TPSA) is 23.5 Å². The van der Waals surface area contributed by atoms with Crippen molar-refractivity contribution in [1.82, 2.24) is 0 Å². The summed E-state index contributed by atoms with van der Waals surface area (Å²) in [5, 5.41) is 9.30. The summed E-state index contributed by atoms with van der Waals surface area (Å²) in [5.74, 6) is 0. The second kappa shape index (κ2) is 4.67. The number of fused-ring (bicyclic) bond motifs is 2. The summed E-state index contributed by atoms with van der Waals surface area (Å²) in [4.78, 5) is 2.17. The molecule has 0 unspecified atom stereocenters. The zero-order valence-electron chi connectivity index (χ0n) is 10.1. The Morgan fingerprint density at radius 3 is 1.78 bits per heavy atom. The number of para-hydroxylation sites is 2. The van der Waals surface area contributed by atoms with Gasteiger partial charge in [0.2, 0.25) is 0 Å². The third kappa shape index (κ3) is 1.81. The fraction of sp³-hybridized carbons (Fsp3) is 0.125. The van der Waals surface area contributed by atoms with E-state index in [2.05, 4.69) is 41.3 Å². The van der Waals surface area contributed by atoms with Crippen LogP contribution in [0.3, 0.4) is 0 Å². The molecule has 0 amide bonds. The fourth-order valence-corrected chi connectivity index (χ4v) is 2.40. The Labute approximate surface area is 107 Å². The summed E-state index contributed by atoms with van der Waals surface area (Å²) in [7, 11) is 0. The Bertz CT molecular complexity index is 540. The first kappa shape index (κ1) is 11.1. The van der Waals surface area contributed by atoms with E-state index in [9.17, 15) is 5.11 Å². The number of hydrogen-bond acceptors (Lipinski definition) is 2. The average molecular weight is 237 g/mol. The van der Waals surface area contributed by atoms with Crippen LogP contribution in [-0.4, -0.2) is 18.3 Å². The van der Waals surface area contributed by atoms with Crippen LogP contribution in [-0.2, 0) is 0 Å². The van der Waals surface area contributed by atoms with Crippen molar-refractivity contribution in [3.8, 4) is 0 Å². The van der Waals surface area contributed by atoms with Gasteiger partial charge in [-0.1, -0.05) is 48.6 Å². The van der Waals surface area contributed by atoms with E-state index in [1.54, 1.807) is 0 Å². The number of hydrogen-bond donors (Lipinski definition) is 1. The van der Waals surface area contributed by atoms with Gasteiger partial charge in [-0.25, -0.2) is 0 Å². The maximum Gasteiger partial charge on any atom is 0.0610 e. The molecule has 2 aromatic rings. The first-order valence-corrected chi connectivity index (χ1v) is 6.15. The van der Waals surface area contributed by atoms with E-state index in [-0.39, 0.29) is 6.61 Å². The minimum atomic E-state index is 0.142. The maximum atomic E-state index is 9.30. The molecule has 0 aromatic heterocycles. The van der Waals surface area contributed by atoms with Crippen LogP contribution >= 0.6 is 0 Å². The van der Waals surface area contributed by atoms with E-state index >= 15 is 0 Å². The molecular formula is C16H15NO. The predicted molar refractivity (Wildman–Crippen MR) is 75.9 cm³/mol. The largest absolute Gasteiger partial charge is 0.395 e. The number of anilines is 2. The van der Waals surface area contributed by atoms with Gasteiger partial charge in [-0.05, 0) is 23.3 Å². The molecule has 1 N–H and O–H groups in total. The number of β-amino-alcohol motifs (C(OH)–C–C–N with tert-alkyl or cyclic N) is 1. The third-order valence-electron chi connectivity index (χ3n) is 3.22. The third-order valence-corrected chi connectivity index (χ3v) is 3.22. The molecule has 1 aliphatic heterocycles. The quantitative estimate of drug-likeness (QED) is 0.866. The lowest BCUT2D eigenvalue weighted by Gasteiger charge is -2.26. The highest BCUT2D eigenvalue weighted by Gasteiger charge is 2.16. The van der Waals surface area contributed by atoms with Gasteiger partial charge in [0.15, 0.2) is 0 Å². The molecule has 1 aliphatic rings. The standard InChI is InChI=1S/C16H15NO/c18-12-11-17-15-7-3-1-5-13(15)9-10-14-6-2-4-8-16(14)17/h1-10,18H,11-12H2. The van der Waals surface area contributed by atoms with Gasteiger partial charge in [-0.15, -0.1) is 0 Å². The van der Waals surface area contributed by atoms with Crippen LogP contribution in [0.5, 0.6) is 0 Å². The Kier molecular flexibility index (Phi) is 2.87. The van der Waals surface area contributed by atoms with Gasteiger partial charge in [0.25, 0.3) is 0 Å². The second-order valence-corrected chi connectivity index (χ2v) is 4.33. The van der Waals surface area contributed by atoms with Crippen molar-refractivity contribution in [2.75, 3.05) is 18.1 Å². The maximum absolute atomic E-state index is 9.30. The summed E-state index contributed by atoms with van der Waals surface area (Å²) >= 11 is 0. The normalized spacial score (nSPS) is 12.8. The molecule has 0 saturated carbocycles. The number of rotatable bonds is 2. The van der Waals surface area contributed by atoms with Gasteiger partial charge in [0.05, 0.1) is 6.61 Å². The van der Waals surface area contributed by atoms with Gasteiger partial charge in [0, 0.05) is 17.9 Å². The number of aliphatic hydroxyl groups excluding tert-OH is 1. The molecule has 3 rings (SSSR count). The van der Waals surface area contributed by atoms with E-state index in [0.29, 0.717) is 6.54 Å². The zero-order chi connectivity index (χ0) is 12.4. The van der Waals surface area contributed by atoms with E-state index in [1.807, 2.05) is 24.3 Å². The first-order valence-electron chi connectivity index (χ1n) is 6.15. The van der Waals surface area contributed by atoms with Crippen LogP contribution in [0, 0.1) is 0 Å². The van der Waals surface area contributed by atoms with E-state index in [0.717, 1.165) is 11.4 Å². The van der Waals surface area contributed by atoms with E-state index in [1.165, 1.54) is 11.1 Å². The Morgan fingerprint density at radius 2 is 1.28 bits per heavy atom. The summed E-state index contributed by atoms with van der Waals surface area (Å²) < 4.78 is 0. The molecule has 2 heteroatoms. The Hall–Kier alpha value is -2.06. The number of benzene rings is 2. The van der Waals surface area contributed by atoms with Crippen molar-refractivity contribution < 1.29 is 5.11 Å². The Morgan fingerprint density at radius 1 is 0.778 bits per heavy atom. The minimum Gasteiger partial charge on any atom is -0.395 e. The highest BCUT2D eigenvalue weighted by atomic mass is 16.3. The molecule has 90 valence electrons. The Balaban J connectivity index is 2.20. The van der Waals surface area contributed by atoms with Crippen LogP contribution in [0.15, 0.2) is 48.5 Å². The lowest BCUT2D eigenvalue weighted by Crippen LogP contribution is -2.22. The number of aliphatic hydroxyl groups is 1. The lowest BCUT2D eigenvalue weighted by atomic mass is 10.1. The van der Waals surface area contributed by atoms with Crippen LogP contribution in [0.1, 0.15) is 11.1 Å². The van der Waals surface area contributed by atoms with Gasteiger partial charge < -0.3 is 10.0 Å². The first-order chi connectivity index (χ1) is 8.90. The van der Waals surface area contributed by atoms with Gasteiger partial charge >= 0.3 is 0 Å². The molecule has 0 radical (unpaired) electrons. The van der Waals surface area contributed by atoms with E-state index < -0.39 is 0 Å². The van der Waals surface area contributed by atoms with Gasteiger partial charge in [-0.2, -0.15) is 0 Å². The monoisotopic (exact) mass is 237 g/mol. The zero-order valence-corrected chi connectivity index (χ0v) is 10.1.